The molecule has 1 aromatic heterocycles. The zero-order chi connectivity index (χ0) is 14.6. The number of aliphatic hydroxyl groups is 1. The molecule has 0 aliphatic heterocycles. The molecule has 0 saturated heterocycles. The lowest BCUT2D eigenvalue weighted by atomic mass is 9.94. The van der Waals surface area contributed by atoms with E-state index in [1.54, 1.807) is 4.68 Å². The maximum atomic E-state index is 11.4. The molecule has 1 amide bonds. The summed E-state index contributed by atoms with van der Waals surface area (Å²) in [5, 5.41) is 17.2. The summed E-state index contributed by atoms with van der Waals surface area (Å²) < 4.78 is 1.69. The molecule has 19 heavy (non-hydrogen) atoms. The van der Waals surface area contributed by atoms with Crippen LogP contribution in [0.2, 0.25) is 0 Å². The lowest BCUT2D eigenvalue weighted by Crippen LogP contribution is -2.26. The van der Waals surface area contributed by atoms with Crippen LogP contribution in [0.3, 0.4) is 0 Å². The van der Waals surface area contributed by atoms with Crippen LogP contribution in [0, 0.1) is 11.3 Å². The van der Waals surface area contributed by atoms with E-state index in [-0.39, 0.29) is 17.7 Å². The highest BCUT2D eigenvalue weighted by Crippen LogP contribution is 2.20. The Morgan fingerprint density at radius 2 is 2.11 bits per heavy atom. The Hall–Kier alpha value is -1.43. The van der Waals surface area contributed by atoms with Crippen LogP contribution in [-0.4, -0.2) is 32.6 Å². The molecule has 0 fully saturated rings. The van der Waals surface area contributed by atoms with Crippen molar-refractivity contribution in [1.82, 2.24) is 15.0 Å². The van der Waals surface area contributed by atoms with Gasteiger partial charge < -0.3 is 10.8 Å². The number of amides is 1. The highest BCUT2D eigenvalue weighted by Gasteiger charge is 2.23. The first-order chi connectivity index (χ1) is 8.76. The zero-order valence-corrected chi connectivity index (χ0v) is 12.2. The number of rotatable bonds is 7. The minimum Gasteiger partial charge on any atom is -0.396 e. The first-order valence-electron chi connectivity index (χ1n) is 6.60. The number of nitrogens with zero attached hydrogens (tertiary/aromatic N) is 3. The van der Waals surface area contributed by atoms with E-state index in [1.165, 1.54) is 0 Å². The third-order valence-corrected chi connectivity index (χ3v) is 3.04. The molecule has 3 N–H and O–H groups in total. The summed E-state index contributed by atoms with van der Waals surface area (Å²) in [6.07, 6.45) is 1.65. The van der Waals surface area contributed by atoms with Crippen LogP contribution >= 0.6 is 0 Å². The Balaban J connectivity index is 3.00. The number of nitrogens with two attached hydrogens (primary N) is 1. The first kappa shape index (κ1) is 15.6. The molecule has 0 aliphatic rings. The standard InChI is InChI=1S/C13H24N4O2/c1-9(2)5-6-10-11(12(14)19)15-16-17(10)7-13(3,4)8-18/h9,18H,5-8H2,1-4H3,(H2,14,19). The van der Waals surface area contributed by atoms with Gasteiger partial charge in [0, 0.05) is 12.0 Å². The van der Waals surface area contributed by atoms with Crippen molar-refractivity contribution in [3.63, 3.8) is 0 Å². The van der Waals surface area contributed by atoms with Gasteiger partial charge in [0.25, 0.3) is 5.91 Å². The zero-order valence-electron chi connectivity index (χ0n) is 12.2. The highest BCUT2D eigenvalue weighted by atomic mass is 16.3. The van der Waals surface area contributed by atoms with Crippen LogP contribution < -0.4 is 5.73 Å². The number of carbonyl (C=O) groups is 1. The van der Waals surface area contributed by atoms with Gasteiger partial charge in [-0.3, -0.25) is 4.79 Å². The Morgan fingerprint density at radius 1 is 1.47 bits per heavy atom. The van der Waals surface area contributed by atoms with Crippen LogP contribution in [0.4, 0.5) is 0 Å². The summed E-state index contributed by atoms with van der Waals surface area (Å²) in [6, 6.07) is 0. The molecule has 0 aromatic carbocycles. The summed E-state index contributed by atoms with van der Waals surface area (Å²) in [5.41, 5.74) is 6.03. The molecule has 1 rings (SSSR count). The van der Waals surface area contributed by atoms with Gasteiger partial charge in [0.05, 0.1) is 12.2 Å². The summed E-state index contributed by atoms with van der Waals surface area (Å²) in [7, 11) is 0. The monoisotopic (exact) mass is 268 g/mol. The second-order valence-electron chi connectivity index (χ2n) is 6.16. The van der Waals surface area contributed by atoms with E-state index in [0.29, 0.717) is 18.9 Å². The molecule has 0 saturated carbocycles. The van der Waals surface area contributed by atoms with Crippen LogP contribution in [0.25, 0.3) is 0 Å². The fraction of sp³-hybridized carbons (Fsp3) is 0.769. The van der Waals surface area contributed by atoms with E-state index in [4.69, 9.17) is 5.73 Å². The average molecular weight is 268 g/mol. The van der Waals surface area contributed by atoms with Gasteiger partial charge in [-0.1, -0.05) is 32.9 Å². The fourth-order valence-corrected chi connectivity index (χ4v) is 1.78. The molecule has 6 nitrogen and oxygen atoms in total. The Labute approximate surface area is 114 Å². The van der Waals surface area contributed by atoms with Crippen molar-refractivity contribution in [2.24, 2.45) is 17.1 Å². The van der Waals surface area contributed by atoms with Crippen molar-refractivity contribution in [3.8, 4) is 0 Å². The SMILES string of the molecule is CC(C)CCc1c(C(N)=O)nnn1CC(C)(C)CO. The minimum absolute atomic E-state index is 0.0440. The van der Waals surface area contributed by atoms with Gasteiger partial charge in [-0.2, -0.15) is 0 Å². The van der Waals surface area contributed by atoms with Crippen molar-refractivity contribution in [3.05, 3.63) is 11.4 Å². The van der Waals surface area contributed by atoms with Gasteiger partial charge >= 0.3 is 0 Å². The Kier molecular flexibility index (Phi) is 5.05. The number of primary amides is 1. The van der Waals surface area contributed by atoms with E-state index in [2.05, 4.69) is 24.2 Å². The maximum Gasteiger partial charge on any atom is 0.271 e. The maximum absolute atomic E-state index is 11.4. The molecule has 0 bridgehead atoms. The highest BCUT2D eigenvalue weighted by molar-refractivity contribution is 5.91. The smallest absolute Gasteiger partial charge is 0.271 e. The number of aliphatic hydroxyl groups excluding tert-OH is 1. The molecule has 0 unspecified atom stereocenters. The molecule has 0 aliphatic carbocycles. The summed E-state index contributed by atoms with van der Waals surface area (Å²) >= 11 is 0. The first-order valence-corrected chi connectivity index (χ1v) is 6.60. The molecule has 0 spiro atoms. The van der Waals surface area contributed by atoms with Crippen molar-refractivity contribution in [2.75, 3.05) is 6.61 Å². The topological polar surface area (TPSA) is 94.0 Å². The van der Waals surface area contributed by atoms with Gasteiger partial charge in [0.15, 0.2) is 5.69 Å². The minimum atomic E-state index is -0.549. The van der Waals surface area contributed by atoms with Crippen LogP contribution in [0.15, 0.2) is 0 Å². The van der Waals surface area contributed by atoms with E-state index < -0.39 is 5.91 Å². The van der Waals surface area contributed by atoms with Crippen molar-refractivity contribution < 1.29 is 9.90 Å². The molecular formula is C13H24N4O2. The number of hydrogen-bond acceptors (Lipinski definition) is 4. The van der Waals surface area contributed by atoms with Crippen LogP contribution in [0.1, 0.15) is 50.3 Å². The van der Waals surface area contributed by atoms with E-state index in [0.717, 1.165) is 12.1 Å². The fourth-order valence-electron chi connectivity index (χ4n) is 1.78. The van der Waals surface area contributed by atoms with Crippen molar-refractivity contribution in [1.29, 1.82) is 0 Å². The molecule has 108 valence electrons. The molecule has 0 atom stereocenters. The van der Waals surface area contributed by atoms with Gasteiger partial charge in [-0.25, -0.2) is 4.68 Å². The number of hydrogen-bond donors (Lipinski definition) is 2. The van der Waals surface area contributed by atoms with E-state index in [1.807, 2.05) is 13.8 Å². The predicted octanol–water partition coefficient (Wildman–Crippen LogP) is 0.984. The predicted molar refractivity (Wildman–Crippen MR) is 72.6 cm³/mol. The second-order valence-corrected chi connectivity index (χ2v) is 6.16. The van der Waals surface area contributed by atoms with Gasteiger partial charge in [-0.15, -0.1) is 5.10 Å². The molecule has 0 radical (unpaired) electrons. The van der Waals surface area contributed by atoms with Crippen LogP contribution in [-0.2, 0) is 13.0 Å². The molecular weight excluding hydrogens is 244 g/mol. The normalized spacial score (nSPS) is 12.1. The summed E-state index contributed by atoms with van der Waals surface area (Å²) in [4.78, 5) is 11.4. The summed E-state index contributed by atoms with van der Waals surface area (Å²) in [5.74, 6) is -0.0262. The quantitative estimate of drug-likeness (QED) is 0.771. The Bertz CT molecular complexity index is 438. The number of aromatic nitrogens is 3. The third-order valence-electron chi connectivity index (χ3n) is 3.04. The third kappa shape index (κ3) is 4.31. The lowest BCUT2D eigenvalue weighted by Gasteiger charge is -2.22. The Morgan fingerprint density at radius 3 is 2.58 bits per heavy atom. The molecule has 6 heteroatoms. The van der Waals surface area contributed by atoms with Crippen molar-refractivity contribution >= 4 is 5.91 Å². The largest absolute Gasteiger partial charge is 0.396 e. The van der Waals surface area contributed by atoms with Gasteiger partial charge in [0.1, 0.15) is 0 Å². The average Bonchev–Trinajstić information content (AvgIpc) is 2.68. The molecule has 1 aromatic rings. The summed E-state index contributed by atoms with van der Waals surface area (Å²) in [6.45, 7) is 8.67. The second kappa shape index (κ2) is 6.14. The van der Waals surface area contributed by atoms with Crippen LogP contribution in [0.5, 0.6) is 0 Å². The van der Waals surface area contributed by atoms with Gasteiger partial charge in [0.2, 0.25) is 0 Å². The van der Waals surface area contributed by atoms with E-state index >= 15 is 0 Å². The number of carbonyl (C=O) groups excluding carboxylic acids is 1. The van der Waals surface area contributed by atoms with Gasteiger partial charge in [-0.05, 0) is 18.8 Å². The van der Waals surface area contributed by atoms with Crippen molar-refractivity contribution in [2.45, 2.75) is 47.1 Å². The van der Waals surface area contributed by atoms with E-state index in [9.17, 15) is 9.90 Å². The molecule has 1 heterocycles. The lowest BCUT2D eigenvalue weighted by molar-refractivity contribution is 0.0994.